The summed E-state index contributed by atoms with van der Waals surface area (Å²) in [6.45, 7) is 0. The third-order valence-electron chi connectivity index (χ3n) is 2.89. The van der Waals surface area contributed by atoms with E-state index in [-0.39, 0.29) is 11.3 Å². The van der Waals surface area contributed by atoms with Gasteiger partial charge in [-0.15, -0.1) is 5.10 Å². The molecule has 1 N–H and O–H groups in total. The summed E-state index contributed by atoms with van der Waals surface area (Å²) in [4.78, 5) is 14.9. The normalized spacial score (nSPS) is 10.5. The van der Waals surface area contributed by atoms with Crippen molar-refractivity contribution in [3.63, 3.8) is 0 Å². The summed E-state index contributed by atoms with van der Waals surface area (Å²) in [7, 11) is 0. The van der Waals surface area contributed by atoms with Gasteiger partial charge in [-0.25, -0.2) is 13.9 Å². The molecule has 0 unspecified atom stereocenters. The van der Waals surface area contributed by atoms with E-state index in [0.29, 0.717) is 5.69 Å². The Morgan fingerprint density at radius 2 is 2.14 bits per heavy atom. The minimum atomic E-state index is -1.14. The molecule has 0 aliphatic rings. The van der Waals surface area contributed by atoms with Crippen LogP contribution in [0.2, 0.25) is 0 Å². The molecule has 0 saturated heterocycles. The maximum absolute atomic E-state index is 13.8. The van der Waals surface area contributed by atoms with Crippen molar-refractivity contribution in [3.8, 4) is 16.9 Å². The van der Waals surface area contributed by atoms with Crippen molar-refractivity contribution >= 4 is 5.97 Å². The van der Waals surface area contributed by atoms with Crippen LogP contribution in [-0.4, -0.2) is 31.1 Å². The van der Waals surface area contributed by atoms with Crippen LogP contribution >= 0.6 is 0 Å². The largest absolute Gasteiger partial charge is 0.478 e. The first-order chi connectivity index (χ1) is 10.1. The molecule has 0 spiro atoms. The lowest BCUT2D eigenvalue weighted by Gasteiger charge is -2.03. The average Bonchev–Trinajstić information content (AvgIpc) is 2.98. The third-order valence-corrected chi connectivity index (χ3v) is 2.89. The van der Waals surface area contributed by atoms with Crippen LogP contribution in [0.1, 0.15) is 10.4 Å². The van der Waals surface area contributed by atoms with Crippen LogP contribution in [-0.2, 0) is 0 Å². The Labute approximate surface area is 118 Å². The van der Waals surface area contributed by atoms with Crippen LogP contribution in [0, 0.1) is 5.82 Å². The predicted octanol–water partition coefficient (Wildman–Crippen LogP) is 2.17. The second kappa shape index (κ2) is 5.12. The number of carboxylic acids is 1. The summed E-state index contributed by atoms with van der Waals surface area (Å²) >= 11 is 0. The zero-order valence-corrected chi connectivity index (χ0v) is 10.6. The second-order valence-electron chi connectivity index (χ2n) is 4.26. The number of nitrogens with zero attached hydrogens (tertiary/aromatic N) is 4. The monoisotopic (exact) mass is 284 g/mol. The molecule has 21 heavy (non-hydrogen) atoms. The van der Waals surface area contributed by atoms with Crippen molar-refractivity contribution in [1.29, 1.82) is 0 Å². The molecule has 1 aromatic carbocycles. The Balaban J connectivity index is 2.04. The molecular formula is C14H9FN4O2. The lowest BCUT2D eigenvalue weighted by atomic mass is 10.2. The van der Waals surface area contributed by atoms with Gasteiger partial charge >= 0.3 is 5.97 Å². The van der Waals surface area contributed by atoms with E-state index in [0.717, 1.165) is 11.6 Å². The van der Waals surface area contributed by atoms with Gasteiger partial charge in [-0.3, -0.25) is 4.98 Å². The molecule has 0 fully saturated rings. The Bertz CT molecular complexity index is 802. The minimum Gasteiger partial charge on any atom is -0.478 e. The summed E-state index contributed by atoms with van der Waals surface area (Å²) in [6, 6.07) is 7.04. The number of carboxylic acid groups (broad SMARTS) is 1. The highest BCUT2D eigenvalue weighted by molar-refractivity contribution is 5.88. The highest BCUT2D eigenvalue weighted by atomic mass is 19.1. The van der Waals surface area contributed by atoms with Crippen molar-refractivity contribution in [2.24, 2.45) is 0 Å². The van der Waals surface area contributed by atoms with Gasteiger partial charge in [0.15, 0.2) is 0 Å². The fourth-order valence-corrected chi connectivity index (χ4v) is 1.85. The fourth-order valence-electron chi connectivity index (χ4n) is 1.85. The molecule has 0 atom stereocenters. The quantitative estimate of drug-likeness (QED) is 0.797. The standard InChI is InChI=1S/C14H9FN4O2/c15-11-4-3-9(14(20)21)6-13(11)19-8-12(17-18-19)10-2-1-5-16-7-10/h1-8H,(H,20,21). The number of rotatable bonds is 3. The molecule has 2 aromatic heterocycles. The smallest absolute Gasteiger partial charge is 0.335 e. The van der Waals surface area contributed by atoms with Crippen molar-refractivity contribution in [1.82, 2.24) is 20.0 Å². The molecule has 0 saturated carbocycles. The van der Waals surface area contributed by atoms with Crippen molar-refractivity contribution in [3.05, 3.63) is 60.3 Å². The number of halogens is 1. The number of pyridine rings is 1. The SMILES string of the molecule is O=C(O)c1ccc(F)c(-n2cc(-c3cccnc3)nn2)c1. The van der Waals surface area contributed by atoms with E-state index in [2.05, 4.69) is 15.3 Å². The van der Waals surface area contributed by atoms with E-state index < -0.39 is 11.8 Å². The Kier molecular flexibility index (Phi) is 3.15. The van der Waals surface area contributed by atoms with Crippen molar-refractivity contribution in [2.45, 2.75) is 0 Å². The summed E-state index contributed by atoms with van der Waals surface area (Å²) in [5.41, 5.74) is 1.25. The van der Waals surface area contributed by atoms with E-state index in [1.807, 2.05) is 0 Å². The Hall–Kier alpha value is -3.09. The summed E-state index contributed by atoms with van der Waals surface area (Å²) in [5.74, 6) is -1.72. The molecule has 0 amide bonds. The second-order valence-corrected chi connectivity index (χ2v) is 4.26. The van der Waals surface area contributed by atoms with E-state index >= 15 is 0 Å². The molecular weight excluding hydrogens is 275 g/mol. The van der Waals surface area contributed by atoms with E-state index in [9.17, 15) is 9.18 Å². The van der Waals surface area contributed by atoms with Gasteiger partial charge in [-0.05, 0) is 30.3 Å². The van der Waals surface area contributed by atoms with Gasteiger partial charge in [0.2, 0.25) is 0 Å². The topological polar surface area (TPSA) is 80.9 Å². The number of aromatic carboxylic acids is 1. The van der Waals surface area contributed by atoms with Gasteiger partial charge in [-0.1, -0.05) is 5.21 Å². The third kappa shape index (κ3) is 2.48. The van der Waals surface area contributed by atoms with E-state index in [1.54, 1.807) is 24.5 Å². The predicted molar refractivity (Wildman–Crippen MR) is 71.5 cm³/mol. The number of aromatic nitrogens is 4. The Morgan fingerprint density at radius 3 is 2.86 bits per heavy atom. The lowest BCUT2D eigenvalue weighted by Crippen LogP contribution is -2.03. The average molecular weight is 284 g/mol. The minimum absolute atomic E-state index is 0.0233. The number of benzene rings is 1. The maximum atomic E-state index is 13.8. The molecule has 7 heteroatoms. The van der Waals surface area contributed by atoms with Crippen LogP contribution in [0.5, 0.6) is 0 Å². The van der Waals surface area contributed by atoms with Gasteiger partial charge in [0.1, 0.15) is 17.2 Å². The van der Waals surface area contributed by atoms with E-state index in [4.69, 9.17) is 5.11 Å². The molecule has 3 aromatic rings. The molecule has 0 aliphatic heterocycles. The van der Waals surface area contributed by atoms with Gasteiger partial charge < -0.3 is 5.11 Å². The molecule has 6 nitrogen and oxygen atoms in total. The van der Waals surface area contributed by atoms with Crippen LogP contribution < -0.4 is 0 Å². The summed E-state index contributed by atoms with van der Waals surface area (Å²) in [6.07, 6.45) is 4.75. The van der Waals surface area contributed by atoms with Crippen molar-refractivity contribution < 1.29 is 14.3 Å². The molecule has 0 radical (unpaired) electrons. The Morgan fingerprint density at radius 1 is 1.29 bits per heavy atom. The van der Waals surface area contributed by atoms with Crippen LogP contribution in [0.4, 0.5) is 4.39 Å². The highest BCUT2D eigenvalue weighted by Gasteiger charge is 2.12. The first kappa shape index (κ1) is 12.9. The van der Waals surface area contributed by atoms with Crippen molar-refractivity contribution in [2.75, 3.05) is 0 Å². The number of hydrogen-bond acceptors (Lipinski definition) is 4. The van der Waals surface area contributed by atoms with Crippen LogP contribution in [0.25, 0.3) is 16.9 Å². The zero-order valence-electron chi connectivity index (χ0n) is 10.6. The molecule has 0 aliphatic carbocycles. The highest BCUT2D eigenvalue weighted by Crippen LogP contribution is 2.19. The van der Waals surface area contributed by atoms with Gasteiger partial charge in [0, 0.05) is 18.0 Å². The van der Waals surface area contributed by atoms with Gasteiger partial charge in [0.25, 0.3) is 0 Å². The van der Waals surface area contributed by atoms with Gasteiger partial charge in [-0.2, -0.15) is 0 Å². The molecule has 0 bridgehead atoms. The number of carbonyl (C=O) groups is 1. The zero-order chi connectivity index (χ0) is 14.8. The first-order valence-corrected chi connectivity index (χ1v) is 6.01. The summed E-state index contributed by atoms with van der Waals surface area (Å²) < 4.78 is 15.0. The maximum Gasteiger partial charge on any atom is 0.335 e. The summed E-state index contributed by atoms with van der Waals surface area (Å²) in [5, 5.41) is 16.7. The number of hydrogen-bond donors (Lipinski definition) is 1. The fraction of sp³-hybridized carbons (Fsp3) is 0. The molecule has 2 heterocycles. The van der Waals surface area contributed by atoms with Gasteiger partial charge in [0.05, 0.1) is 11.8 Å². The van der Waals surface area contributed by atoms with Crippen LogP contribution in [0.3, 0.4) is 0 Å². The lowest BCUT2D eigenvalue weighted by molar-refractivity contribution is 0.0697. The molecule has 3 rings (SSSR count). The first-order valence-electron chi connectivity index (χ1n) is 6.01. The van der Waals surface area contributed by atoms with E-state index in [1.165, 1.54) is 23.0 Å². The van der Waals surface area contributed by atoms with Crippen LogP contribution in [0.15, 0.2) is 48.9 Å². The molecule has 104 valence electrons.